The molecule has 2 aliphatic heterocycles. The second-order valence-corrected chi connectivity index (χ2v) is 15.1. The van der Waals surface area contributed by atoms with Gasteiger partial charge in [0.15, 0.2) is 0 Å². The lowest BCUT2D eigenvalue weighted by atomic mass is 9.55. The van der Waals surface area contributed by atoms with Gasteiger partial charge in [0.25, 0.3) is 5.69 Å². The van der Waals surface area contributed by atoms with E-state index in [4.69, 9.17) is 9.57 Å². The number of aliphatic hydroxyl groups is 3. The molecule has 1 saturated heterocycles. The fourth-order valence-electron chi connectivity index (χ4n) is 8.93. The minimum absolute atomic E-state index is 0.0148. The quantitative estimate of drug-likeness (QED) is 0.0861. The minimum Gasteiger partial charge on any atom is -0.508 e. The van der Waals surface area contributed by atoms with Crippen LogP contribution in [0.25, 0.3) is 0 Å². The third kappa shape index (κ3) is 8.73. The number of hydrogen-bond acceptors (Lipinski definition) is 11. The summed E-state index contributed by atoms with van der Waals surface area (Å²) in [5.41, 5.74) is 2.59. The average molecular weight is 764 g/mol. The molecule has 55 heavy (non-hydrogen) atoms. The van der Waals surface area contributed by atoms with Crippen molar-refractivity contribution in [3.63, 3.8) is 0 Å². The van der Waals surface area contributed by atoms with E-state index in [1.54, 1.807) is 36.2 Å². The molecule has 0 spiro atoms. The number of hydrogen-bond donors (Lipinski definition) is 5. The fourth-order valence-corrected chi connectivity index (χ4v) is 8.93. The summed E-state index contributed by atoms with van der Waals surface area (Å²) in [4.78, 5) is 45.8. The highest BCUT2D eigenvalue weighted by Gasteiger charge is 2.63. The Balaban J connectivity index is 1.37. The SMILES string of the molecule is CN(C(=O)NCCCN1CCCC1=O)C1CC(=NOCc2ccc([N+](=O)[O-])cc2)C2=CC(CCCCO)C(CCCCO)C3c4cc(O)ccc4OC1(O)C23. The maximum atomic E-state index is 13.8. The predicted molar refractivity (Wildman–Crippen MR) is 202 cm³/mol. The molecule has 0 bridgehead atoms. The average Bonchev–Trinajstić information content (AvgIpc) is 3.59. The lowest BCUT2D eigenvalue weighted by molar-refractivity contribution is -0.384. The first-order chi connectivity index (χ1) is 26.5. The van der Waals surface area contributed by atoms with Crippen LogP contribution < -0.4 is 10.1 Å². The molecule has 2 aromatic carbocycles. The third-order valence-electron chi connectivity index (χ3n) is 11.7. The summed E-state index contributed by atoms with van der Waals surface area (Å²) in [6.07, 6.45) is 8.32. The molecule has 15 heteroatoms. The minimum atomic E-state index is -1.92. The van der Waals surface area contributed by atoms with Crippen molar-refractivity contribution in [3.8, 4) is 11.5 Å². The van der Waals surface area contributed by atoms with Crippen molar-refractivity contribution in [1.82, 2.24) is 15.1 Å². The first kappa shape index (κ1) is 39.9. The van der Waals surface area contributed by atoms with E-state index < -0.39 is 28.7 Å². The first-order valence-corrected chi connectivity index (χ1v) is 19.4. The zero-order chi connectivity index (χ0) is 39.1. The topological polar surface area (TPSA) is 208 Å². The molecule has 6 rings (SSSR count). The number of nitrogens with zero attached hydrogens (tertiary/aromatic N) is 4. The first-order valence-electron chi connectivity index (χ1n) is 19.4. The van der Waals surface area contributed by atoms with E-state index in [0.717, 1.165) is 36.8 Å². The van der Waals surface area contributed by atoms with Crippen molar-refractivity contribution in [2.24, 2.45) is 22.9 Å². The molecule has 298 valence electrons. The number of phenols is 1. The smallest absolute Gasteiger partial charge is 0.317 e. The third-order valence-corrected chi connectivity index (χ3v) is 11.7. The second-order valence-electron chi connectivity index (χ2n) is 15.1. The van der Waals surface area contributed by atoms with Crippen molar-refractivity contribution in [2.75, 3.05) is 39.9 Å². The van der Waals surface area contributed by atoms with Crippen molar-refractivity contribution in [1.29, 1.82) is 0 Å². The Morgan fingerprint density at radius 1 is 1.11 bits per heavy atom. The number of aromatic hydroxyl groups is 1. The number of nitro benzene ring substituents is 1. The van der Waals surface area contributed by atoms with Gasteiger partial charge in [-0.15, -0.1) is 0 Å². The number of nitrogens with one attached hydrogen (secondary N) is 1. The molecule has 6 atom stereocenters. The number of rotatable bonds is 17. The van der Waals surface area contributed by atoms with Crippen molar-refractivity contribution in [2.45, 2.75) is 88.6 Å². The molecule has 3 amide bonds. The number of amides is 3. The summed E-state index contributed by atoms with van der Waals surface area (Å²) in [5.74, 6) is -2.51. The van der Waals surface area contributed by atoms with Crippen LogP contribution in [0.5, 0.6) is 11.5 Å². The molecule has 2 heterocycles. The Morgan fingerprint density at radius 3 is 2.55 bits per heavy atom. The molecule has 6 unspecified atom stereocenters. The van der Waals surface area contributed by atoms with Gasteiger partial charge in [-0.3, -0.25) is 14.9 Å². The zero-order valence-corrected chi connectivity index (χ0v) is 31.3. The number of non-ortho nitro benzene ring substituents is 1. The van der Waals surface area contributed by atoms with E-state index in [9.17, 15) is 40.1 Å². The number of aliphatic hydroxyl groups excluding tert-OH is 2. The van der Waals surface area contributed by atoms with Gasteiger partial charge in [-0.1, -0.05) is 24.1 Å². The zero-order valence-electron chi connectivity index (χ0n) is 31.3. The van der Waals surface area contributed by atoms with Crippen LogP contribution in [0.1, 0.15) is 81.3 Å². The van der Waals surface area contributed by atoms with Crippen molar-refractivity contribution < 1.29 is 44.5 Å². The Labute approximate surface area is 320 Å². The van der Waals surface area contributed by atoms with E-state index in [2.05, 4.69) is 16.5 Å². The van der Waals surface area contributed by atoms with Crippen LogP contribution in [0.3, 0.4) is 0 Å². The van der Waals surface area contributed by atoms with Crippen LogP contribution in [-0.4, -0.2) is 105 Å². The van der Waals surface area contributed by atoms with Gasteiger partial charge in [0.2, 0.25) is 11.7 Å². The fraction of sp³-hybridized carbons (Fsp3) is 0.575. The maximum absolute atomic E-state index is 13.8. The predicted octanol–water partition coefficient (Wildman–Crippen LogP) is 4.58. The van der Waals surface area contributed by atoms with Crippen LogP contribution in [0.2, 0.25) is 0 Å². The van der Waals surface area contributed by atoms with Gasteiger partial charge in [-0.25, -0.2) is 4.79 Å². The van der Waals surface area contributed by atoms with Gasteiger partial charge in [0, 0.05) is 76.4 Å². The molecular weight excluding hydrogens is 710 g/mol. The molecule has 4 aliphatic rings. The lowest BCUT2D eigenvalue weighted by Gasteiger charge is -2.58. The number of oxime groups is 1. The lowest BCUT2D eigenvalue weighted by Crippen LogP contribution is -2.69. The number of fused-ring (bicyclic) bond motifs is 2. The van der Waals surface area contributed by atoms with E-state index in [-0.39, 0.29) is 61.3 Å². The Morgan fingerprint density at radius 2 is 1.85 bits per heavy atom. The number of allylic oxidation sites excluding steroid dienone is 1. The molecule has 0 radical (unpaired) electrons. The van der Waals surface area contributed by atoms with Gasteiger partial charge in [0.05, 0.1) is 16.6 Å². The van der Waals surface area contributed by atoms with Gasteiger partial charge in [-0.2, -0.15) is 0 Å². The summed E-state index contributed by atoms with van der Waals surface area (Å²) in [7, 11) is 1.61. The maximum Gasteiger partial charge on any atom is 0.317 e. The molecule has 2 aromatic rings. The van der Waals surface area contributed by atoms with Crippen molar-refractivity contribution >= 4 is 23.3 Å². The highest BCUT2D eigenvalue weighted by Crippen LogP contribution is 2.60. The summed E-state index contributed by atoms with van der Waals surface area (Å²) < 4.78 is 6.58. The van der Waals surface area contributed by atoms with Crippen molar-refractivity contribution in [3.05, 3.63) is 75.4 Å². The summed E-state index contributed by atoms with van der Waals surface area (Å²) in [5, 5.41) is 61.9. The summed E-state index contributed by atoms with van der Waals surface area (Å²) in [6.45, 7) is 1.70. The number of likely N-dealkylation sites (N-methyl/N-ethyl adjacent to an activating group) is 1. The van der Waals surface area contributed by atoms with Crippen LogP contribution >= 0.6 is 0 Å². The number of carbonyl (C=O) groups excluding carboxylic acids is 2. The van der Waals surface area contributed by atoms with Gasteiger partial charge < -0.3 is 45.1 Å². The molecule has 2 fully saturated rings. The standard InChI is InChI=1S/C40H53N5O10/c1-43(39(50)41-17-7-19-44-18-6-10-36(44)49)35-24-33(42-54-25-26-11-13-28(14-12-26)45(52)53)31-22-27(8-2-4-20-46)30(9-3-5-21-47)37-32-23-29(48)15-16-34(32)55-40(35,51)38(31)37/h11-16,22-23,27,30,35,37-38,46-48,51H,2-10,17-21,24-25H2,1H3,(H,41,50). The normalized spacial score (nSPS) is 26.1. The van der Waals surface area contributed by atoms with E-state index in [0.29, 0.717) is 68.8 Å². The monoisotopic (exact) mass is 763 g/mol. The number of phenolic OH excluding ortho intramolecular Hbond substituents is 1. The second kappa shape index (κ2) is 17.8. The van der Waals surface area contributed by atoms with E-state index in [1.807, 2.05) is 0 Å². The highest BCUT2D eigenvalue weighted by atomic mass is 16.6. The summed E-state index contributed by atoms with van der Waals surface area (Å²) in [6, 6.07) is 9.46. The number of likely N-dealkylation sites (tertiary alicyclic amines) is 1. The van der Waals surface area contributed by atoms with E-state index in [1.165, 1.54) is 23.1 Å². The largest absolute Gasteiger partial charge is 0.508 e. The van der Waals surface area contributed by atoms with Crippen LogP contribution in [0, 0.1) is 27.9 Å². The molecule has 15 nitrogen and oxygen atoms in total. The van der Waals surface area contributed by atoms with Crippen LogP contribution in [0.4, 0.5) is 10.5 Å². The van der Waals surface area contributed by atoms with Crippen LogP contribution in [-0.2, 0) is 16.2 Å². The molecule has 1 saturated carbocycles. The Hall–Kier alpha value is -4.73. The number of nitro groups is 1. The van der Waals surface area contributed by atoms with E-state index >= 15 is 0 Å². The number of ether oxygens (including phenoxy) is 1. The molecule has 2 aliphatic carbocycles. The molecule has 5 N–H and O–H groups in total. The number of benzene rings is 2. The van der Waals surface area contributed by atoms with Crippen LogP contribution in [0.15, 0.2) is 59.3 Å². The van der Waals surface area contributed by atoms with Gasteiger partial charge in [0.1, 0.15) is 24.1 Å². The molecule has 0 aromatic heterocycles. The number of carbonyl (C=O) groups is 2. The number of unbranched alkanes of at least 4 members (excludes halogenated alkanes) is 2. The Kier molecular flexibility index (Phi) is 12.9. The Bertz CT molecular complexity index is 1750. The molecular formula is C40H53N5O10. The number of urea groups is 1. The highest BCUT2D eigenvalue weighted by molar-refractivity contribution is 6.03. The summed E-state index contributed by atoms with van der Waals surface area (Å²) >= 11 is 0. The van der Waals surface area contributed by atoms with Gasteiger partial charge in [-0.05, 0) is 91.8 Å². The van der Waals surface area contributed by atoms with Gasteiger partial charge >= 0.3 is 6.03 Å².